The summed E-state index contributed by atoms with van der Waals surface area (Å²) in [5.74, 6) is 0.330. The van der Waals surface area contributed by atoms with E-state index in [1.54, 1.807) is 13.3 Å². The molecule has 0 aromatic heterocycles. The zero-order valence-corrected chi connectivity index (χ0v) is 16.9. The quantitative estimate of drug-likeness (QED) is 0.362. The molecule has 0 saturated heterocycles. The van der Waals surface area contributed by atoms with Crippen LogP contribution in [0, 0.1) is 0 Å². The Morgan fingerprint density at radius 3 is 1.42 bits per heavy atom. The van der Waals surface area contributed by atoms with Crippen LogP contribution in [0.15, 0.2) is 0 Å². The maximum atomic E-state index is 8.34. The third-order valence-corrected chi connectivity index (χ3v) is 12.6. The predicted octanol–water partition coefficient (Wildman–Crippen LogP) is 4.15. The van der Waals surface area contributed by atoms with Gasteiger partial charge in [0.05, 0.1) is 12.7 Å². The summed E-state index contributed by atoms with van der Waals surface area (Å²) in [5.41, 5.74) is 0. The number of thiol groups is 1. The van der Waals surface area contributed by atoms with Crippen molar-refractivity contribution < 1.29 is 10.2 Å². The van der Waals surface area contributed by atoms with Crippen molar-refractivity contribution in [1.29, 1.82) is 0 Å². The number of hydrogen-bond acceptors (Lipinski definition) is 3. The Bertz CT molecular complexity index is 136. The monoisotopic (exact) mass is 399 g/mol. The molecule has 0 aliphatic rings. The first-order valence-corrected chi connectivity index (χ1v) is 14.6. The summed E-state index contributed by atoms with van der Waals surface area (Å²) < 4.78 is 5.04. The van der Waals surface area contributed by atoms with E-state index in [2.05, 4.69) is 33.4 Å². The van der Waals surface area contributed by atoms with E-state index in [9.17, 15) is 0 Å². The Kier molecular flexibility index (Phi) is 22.4. The molecule has 0 aromatic rings. The van der Waals surface area contributed by atoms with Crippen LogP contribution < -0.4 is 0 Å². The normalized spacial score (nSPS) is 12.2. The molecule has 0 spiro atoms. The molecule has 2 N–H and O–H groups in total. The Labute approximate surface area is 133 Å². The van der Waals surface area contributed by atoms with E-state index in [-0.39, 0.29) is 6.61 Å². The van der Waals surface area contributed by atoms with Crippen LogP contribution in [-0.2, 0) is 0 Å². The average molecular weight is 398 g/mol. The second kappa shape index (κ2) is 19.1. The largest absolute Gasteiger partial charge is 0.394 e. The molecule has 1 unspecified atom stereocenters. The van der Waals surface area contributed by atoms with Gasteiger partial charge >= 0.3 is 92.4 Å². The number of aliphatic hydroxyl groups excluding tert-OH is 2. The number of aliphatic hydroxyl groups is 2. The molecule has 1 radical (unpaired) electrons. The number of unbranched alkanes of at least 4 members (excludes halogenated alkanes) is 3. The van der Waals surface area contributed by atoms with Gasteiger partial charge in [-0.25, -0.2) is 0 Å². The van der Waals surface area contributed by atoms with Crippen LogP contribution in [0.1, 0.15) is 59.3 Å². The van der Waals surface area contributed by atoms with Gasteiger partial charge in [0.25, 0.3) is 0 Å². The molecule has 0 amide bonds. The molecule has 0 saturated carbocycles. The Morgan fingerprint density at radius 1 is 0.895 bits per heavy atom. The molecule has 0 bridgehead atoms. The fourth-order valence-corrected chi connectivity index (χ4v) is 11.3. The van der Waals surface area contributed by atoms with Crippen LogP contribution in [-0.4, -0.2) is 48.4 Å². The Balaban J connectivity index is 0. The van der Waals surface area contributed by atoms with Gasteiger partial charge in [0.2, 0.25) is 0 Å². The molecule has 2 nitrogen and oxygen atoms in total. The smallest absolute Gasteiger partial charge is 0.0858 e. The van der Waals surface area contributed by atoms with E-state index in [1.165, 1.54) is 38.5 Å². The van der Waals surface area contributed by atoms with Crippen LogP contribution in [0.4, 0.5) is 0 Å². The molecule has 0 aliphatic heterocycles. The van der Waals surface area contributed by atoms with Crippen molar-refractivity contribution >= 4 is 32.4 Å². The van der Waals surface area contributed by atoms with Crippen LogP contribution in [0.3, 0.4) is 0 Å². The van der Waals surface area contributed by atoms with Gasteiger partial charge < -0.3 is 10.2 Å². The topological polar surface area (TPSA) is 40.5 Å². The second-order valence-corrected chi connectivity index (χ2v) is 14.0. The van der Waals surface area contributed by atoms with Gasteiger partial charge in [0.1, 0.15) is 0 Å². The number of hydrogen-bond donors (Lipinski definition) is 3. The summed E-state index contributed by atoms with van der Waals surface area (Å²) in [6.45, 7) is 6.81. The average Bonchev–Trinajstić information content (AvgIpc) is 2.46. The zero-order chi connectivity index (χ0) is 14.9. The molecular formula is C15H35O2SSn. The maximum absolute atomic E-state index is 8.34. The fourth-order valence-electron chi connectivity index (χ4n) is 1.71. The molecule has 0 aromatic carbocycles. The van der Waals surface area contributed by atoms with Crippen molar-refractivity contribution in [3.63, 3.8) is 0 Å². The summed E-state index contributed by atoms with van der Waals surface area (Å²) in [6.07, 6.45) is 8.20. The van der Waals surface area contributed by atoms with E-state index in [0.717, 1.165) is 0 Å². The summed E-state index contributed by atoms with van der Waals surface area (Å²) in [6, 6.07) is 0. The van der Waals surface area contributed by atoms with Crippen molar-refractivity contribution in [2.24, 2.45) is 0 Å². The Morgan fingerprint density at radius 2 is 1.26 bits per heavy atom. The van der Waals surface area contributed by atoms with Crippen molar-refractivity contribution in [1.82, 2.24) is 0 Å². The van der Waals surface area contributed by atoms with Crippen LogP contribution in [0.25, 0.3) is 0 Å². The van der Waals surface area contributed by atoms with E-state index in [0.29, 0.717) is 5.75 Å². The van der Waals surface area contributed by atoms with Gasteiger partial charge in [-0.3, -0.25) is 0 Å². The fraction of sp³-hybridized carbons (Fsp3) is 1.00. The van der Waals surface area contributed by atoms with Gasteiger partial charge in [-0.2, -0.15) is 12.6 Å². The maximum Gasteiger partial charge on any atom is 0.0858 e. The molecule has 19 heavy (non-hydrogen) atoms. The zero-order valence-electron chi connectivity index (χ0n) is 13.2. The standard InChI is InChI=1S/3C4H9.C3H8O2S.Sn/c3*1-3-4-2;4-1-3(5)2-6;/h3*1,3-4H2,2H3;3-6H,1-2H2;. The van der Waals surface area contributed by atoms with E-state index >= 15 is 0 Å². The van der Waals surface area contributed by atoms with Crippen LogP contribution >= 0.6 is 12.6 Å². The first kappa shape index (κ1) is 22.4. The molecular weight excluding hydrogens is 363 g/mol. The van der Waals surface area contributed by atoms with Crippen molar-refractivity contribution in [3.8, 4) is 0 Å². The van der Waals surface area contributed by atoms with Gasteiger partial charge in [-0.15, -0.1) is 0 Å². The third kappa shape index (κ3) is 19.1. The number of rotatable bonds is 11. The van der Waals surface area contributed by atoms with E-state index in [4.69, 9.17) is 10.2 Å². The summed E-state index contributed by atoms with van der Waals surface area (Å²) in [7, 11) is 0. The minimum absolute atomic E-state index is 0.191. The molecule has 4 heteroatoms. The first-order valence-electron chi connectivity index (χ1n) is 7.89. The molecule has 117 valence electrons. The molecule has 0 aliphatic carbocycles. The van der Waals surface area contributed by atoms with Gasteiger partial charge in [-0.1, -0.05) is 0 Å². The van der Waals surface area contributed by atoms with Crippen LogP contribution in [0.2, 0.25) is 13.3 Å². The molecule has 0 heterocycles. The van der Waals surface area contributed by atoms with Crippen molar-refractivity contribution in [3.05, 3.63) is 0 Å². The van der Waals surface area contributed by atoms with Gasteiger partial charge in [-0.05, 0) is 0 Å². The summed E-state index contributed by atoms with van der Waals surface area (Å²) in [4.78, 5) is 0. The molecule has 0 rings (SSSR count). The SMILES string of the molecule is CCC[CH2][Sn]([CH2]CCC)[CH2]CCC.OCC(O)CS. The molecule has 1 atom stereocenters. The summed E-state index contributed by atoms with van der Waals surface area (Å²) in [5, 5.41) is 16.4. The van der Waals surface area contributed by atoms with Gasteiger partial charge in [0, 0.05) is 5.75 Å². The molecule has 0 fully saturated rings. The van der Waals surface area contributed by atoms with E-state index < -0.39 is 25.9 Å². The first-order chi connectivity index (χ1) is 9.15. The van der Waals surface area contributed by atoms with E-state index in [1.807, 2.05) is 0 Å². The van der Waals surface area contributed by atoms with Crippen molar-refractivity contribution in [2.45, 2.75) is 78.7 Å². The van der Waals surface area contributed by atoms with Gasteiger partial charge in [0.15, 0.2) is 0 Å². The van der Waals surface area contributed by atoms with Crippen molar-refractivity contribution in [2.75, 3.05) is 12.4 Å². The summed E-state index contributed by atoms with van der Waals surface area (Å²) >= 11 is 2.85. The second-order valence-electron chi connectivity index (χ2n) is 5.08. The van der Waals surface area contributed by atoms with Crippen LogP contribution in [0.5, 0.6) is 0 Å². The minimum atomic E-state index is -0.839. The predicted molar refractivity (Wildman–Crippen MR) is 91.8 cm³/mol. The minimum Gasteiger partial charge on any atom is -0.394 e. The third-order valence-electron chi connectivity index (χ3n) is 3.07. The Hall–Kier alpha value is 1.07.